The molecular formula is C21H23N3O2S. The van der Waals surface area contributed by atoms with Crippen molar-refractivity contribution >= 4 is 23.4 Å². The second kappa shape index (κ2) is 7.00. The summed E-state index contributed by atoms with van der Waals surface area (Å²) in [5, 5.41) is 3.84. The van der Waals surface area contributed by atoms with E-state index in [1.165, 1.54) is 17.3 Å². The summed E-state index contributed by atoms with van der Waals surface area (Å²) in [6.07, 6.45) is 5.19. The molecule has 2 aliphatic rings. The Morgan fingerprint density at radius 2 is 1.89 bits per heavy atom. The molecule has 2 N–H and O–H groups in total. The van der Waals surface area contributed by atoms with Crippen LogP contribution in [0.5, 0.6) is 0 Å². The summed E-state index contributed by atoms with van der Waals surface area (Å²) in [4.78, 5) is 33.1. The average molecular weight is 382 g/mol. The summed E-state index contributed by atoms with van der Waals surface area (Å²) in [7, 11) is 0. The summed E-state index contributed by atoms with van der Waals surface area (Å²) >= 11 is 1.39. The van der Waals surface area contributed by atoms with Crippen molar-refractivity contribution in [3.63, 3.8) is 0 Å². The number of fused-ring (bicyclic) bond motifs is 2. The van der Waals surface area contributed by atoms with Crippen LogP contribution < -0.4 is 10.9 Å². The van der Waals surface area contributed by atoms with E-state index in [4.69, 9.17) is 0 Å². The van der Waals surface area contributed by atoms with Crippen LogP contribution in [-0.2, 0) is 4.79 Å². The molecule has 0 amide bonds. The first-order valence-corrected chi connectivity index (χ1v) is 10.5. The number of Topliss-reactive ketones (excluding diaryl/α,β-unsaturated/α-hetero) is 1. The highest BCUT2D eigenvalue weighted by Crippen LogP contribution is 2.44. The molecule has 1 aromatic carbocycles. The Hall–Kier alpha value is -2.34. The summed E-state index contributed by atoms with van der Waals surface area (Å²) in [5.41, 5.74) is 3.48. The molecule has 140 valence electrons. The van der Waals surface area contributed by atoms with Crippen molar-refractivity contribution in [2.45, 2.75) is 43.7 Å². The van der Waals surface area contributed by atoms with E-state index in [-0.39, 0.29) is 23.2 Å². The second-order valence-electron chi connectivity index (χ2n) is 7.40. The maximum Gasteiger partial charge on any atom is 0.257 e. The highest BCUT2D eigenvalue weighted by atomic mass is 32.2. The molecule has 0 saturated carbocycles. The third-order valence-electron chi connectivity index (χ3n) is 5.43. The minimum Gasteiger partial charge on any atom is -0.343 e. The lowest BCUT2D eigenvalue weighted by molar-refractivity contribution is -0.122. The maximum absolute atomic E-state index is 12.9. The molecule has 2 heterocycles. The lowest BCUT2D eigenvalue weighted by atomic mass is 9.72. The Kier molecular flexibility index (Phi) is 4.68. The summed E-state index contributed by atoms with van der Waals surface area (Å²) in [5.74, 6) is 0.517. The van der Waals surface area contributed by atoms with Crippen LogP contribution in [-0.4, -0.2) is 22.0 Å². The van der Waals surface area contributed by atoms with Crippen molar-refractivity contribution in [2.24, 2.45) is 5.92 Å². The Morgan fingerprint density at radius 1 is 1.15 bits per heavy atom. The number of aromatic nitrogens is 2. The molecule has 6 heteroatoms. The zero-order valence-corrected chi connectivity index (χ0v) is 16.5. The number of allylic oxidation sites excluding steroid dienone is 2. The molecule has 0 saturated heterocycles. The molecule has 0 unspecified atom stereocenters. The Balaban J connectivity index is 1.91. The molecule has 1 aliphatic carbocycles. The number of H-pyrrole nitrogens is 1. The first-order valence-electron chi connectivity index (χ1n) is 9.27. The number of aromatic amines is 1. The zero-order chi connectivity index (χ0) is 19.1. The number of benzene rings is 1. The Labute approximate surface area is 162 Å². The molecule has 2 atom stereocenters. The first kappa shape index (κ1) is 18.0. The van der Waals surface area contributed by atoms with Crippen molar-refractivity contribution in [3.05, 3.63) is 63.1 Å². The van der Waals surface area contributed by atoms with Gasteiger partial charge in [-0.3, -0.25) is 9.59 Å². The minimum atomic E-state index is -0.348. The molecule has 0 fully saturated rings. The average Bonchev–Trinajstić information content (AvgIpc) is 2.66. The number of nitrogens with zero attached hydrogens (tertiary/aromatic N) is 1. The van der Waals surface area contributed by atoms with E-state index >= 15 is 0 Å². The van der Waals surface area contributed by atoms with Gasteiger partial charge in [0.05, 0.1) is 11.5 Å². The van der Waals surface area contributed by atoms with Gasteiger partial charge in [0.1, 0.15) is 11.6 Å². The Morgan fingerprint density at radius 3 is 2.56 bits per heavy atom. The van der Waals surface area contributed by atoms with E-state index in [2.05, 4.69) is 59.5 Å². The second-order valence-corrected chi connectivity index (χ2v) is 8.20. The predicted octanol–water partition coefficient (Wildman–Crippen LogP) is 4.04. The van der Waals surface area contributed by atoms with Gasteiger partial charge < -0.3 is 10.3 Å². The predicted molar refractivity (Wildman–Crippen MR) is 108 cm³/mol. The zero-order valence-electron chi connectivity index (χ0n) is 15.7. The molecule has 27 heavy (non-hydrogen) atoms. The lowest BCUT2D eigenvalue weighted by Crippen LogP contribution is -2.38. The SMILES string of the molecule is CSc1nc2c(c(=O)[nH]1)[C@H](c1ccc(C(C)C)cc1)[C@H]1C(=O)CCC=C1N2. The number of carbonyl (C=O) groups is 1. The molecule has 0 spiro atoms. The lowest BCUT2D eigenvalue weighted by Gasteiger charge is -2.36. The summed E-state index contributed by atoms with van der Waals surface area (Å²) < 4.78 is 0. The fourth-order valence-electron chi connectivity index (χ4n) is 4.01. The monoisotopic (exact) mass is 381 g/mol. The quantitative estimate of drug-likeness (QED) is 0.620. The smallest absolute Gasteiger partial charge is 0.257 e. The van der Waals surface area contributed by atoms with Gasteiger partial charge in [-0.1, -0.05) is 56.0 Å². The number of hydrogen-bond acceptors (Lipinski definition) is 5. The minimum absolute atomic E-state index is 0.174. The molecule has 0 radical (unpaired) electrons. The van der Waals surface area contributed by atoms with E-state index in [9.17, 15) is 9.59 Å². The molecule has 0 bridgehead atoms. The normalized spacial score (nSPS) is 21.3. The van der Waals surface area contributed by atoms with Gasteiger partial charge in [0, 0.05) is 18.0 Å². The standard InChI is InChI=1S/C21H23N3O2S/c1-11(2)12-7-9-13(10-8-12)16-17-14(5-4-6-15(17)25)22-19-18(16)20(26)24-21(23-19)27-3/h5,7-11,16-17H,4,6H2,1-3H3,(H2,22,23,24,26)/t16-,17-/m1/s1. The van der Waals surface area contributed by atoms with E-state index in [1.807, 2.05) is 6.26 Å². The number of ketones is 1. The van der Waals surface area contributed by atoms with Crippen LogP contribution in [0.15, 0.2) is 46.0 Å². The summed E-state index contributed by atoms with van der Waals surface area (Å²) in [6, 6.07) is 8.29. The highest BCUT2D eigenvalue weighted by Gasteiger charge is 2.42. The van der Waals surface area contributed by atoms with Gasteiger partial charge in [-0.25, -0.2) is 4.98 Å². The van der Waals surface area contributed by atoms with Crippen molar-refractivity contribution in [2.75, 3.05) is 11.6 Å². The fourth-order valence-corrected chi connectivity index (χ4v) is 4.39. The highest BCUT2D eigenvalue weighted by molar-refractivity contribution is 7.98. The van der Waals surface area contributed by atoms with Crippen LogP contribution in [0.25, 0.3) is 0 Å². The number of rotatable bonds is 3. The van der Waals surface area contributed by atoms with Crippen LogP contribution in [0.4, 0.5) is 5.82 Å². The van der Waals surface area contributed by atoms with Crippen LogP contribution in [0.3, 0.4) is 0 Å². The molecule has 1 aromatic heterocycles. The number of nitrogens with one attached hydrogen (secondary N) is 2. The molecule has 4 rings (SSSR count). The van der Waals surface area contributed by atoms with E-state index in [1.54, 1.807) is 0 Å². The van der Waals surface area contributed by atoms with Crippen LogP contribution in [0.2, 0.25) is 0 Å². The van der Waals surface area contributed by atoms with E-state index in [0.717, 1.165) is 17.7 Å². The van der Waals surface area contributed by atoms with Crippen LogP contribution >= 0.6 is 11.8 Å². The van der Waals surface area contributed by atoms with E-state index < -0.39 is 0 Å². The van der Waals surface area contributed by atoms with Crippen molar-refractivity contribution in [3.8, 4) is 0 Å². The van der Waals surface area contributed by atoms with Gasteiger partial charge in [-0.2, -0.15) is 0 Å². The van der Waals surface area contributed by atoms with Gasteiger partial charge >= 0.3 is 0 Å². The van der Waals surface area contributed by atoms with Gasteiger partial charge in [0.15, 0.2) is 5.16 Å². The third-order valence-corrected chi connectivity index (χ3v) is 6.01. The first-order chi connectivity index (χ1) is 13.0. The molecule has 2 aromatic rings. The third kappa shape index (κ3) is 3.12. The largest absolute Gasteiger partial charge is 0.343 e. The van der Waals surface area contributed by atoms with Gasteiger partial charge in [-0.15, -0.1) is 0 Å². The van der Waals surface area contributed by atoms with Crippen molar-refractivity contribution in [1.29, 1.82) is 0 Å². The van der Waals surface area contributed by atoms with Crippen molar-refractivity contribution < 1.29 is 4.79 Å². The topological polar surface area (TPSA) is 74.8 Å². The molecule has 5 nitrogen and oxygen atoms in total. The van der Waals surface area contributed by atoms with Crippen LogP contribution in [0, 0.1) is 5.92 Å². The van der Waals surface area contributed by atoms with Crippen LogP contribution in [0.1, 0.15) is 55.2 Å². The van der Waals surface area contributed by atoms with E-state index in [0.29, 0.717) is 28.9 Å². The molecular weight excluding hydrogens is 358 g/mol. The number of carbonyl (C=O) groups excluding carboxylic acids is 1. The van der Waals surface area contributed by atoms with Crippen molar-refractivity contribution in [1.82, 2.24) is 9.97 Å². The fraction of sp³-hybridized carbons (Fsp3) is 0.381. The number of anilines is 1. The summed E-state index contributed by atoms with van der Waals surface area (Å²) in [6.45, 7) is 4.30. The number of hydrogen-bond donors (Lipinski definition) is 2. The Bertz CT molecular complexity index is 976. The number of thioether (sulfide) groups is 1. The van der Waals surface area contributed by atoms with Gasteiger partial charge in [-0.05, 0) is 29.7 Å². The van der Waals surface area contributed by atoms with Gasteiger partial charge in [0.2, 0.25) is 0 Å². The maximum atomic E-state index is 12.9. The molecule has 1 aliphatic heterocycles. The van der Waals surface area contributed by atoms with Gasteiger partial charge in [0.25, 0.3) is 5.56 Å².